The van der Waals surface area contributed by atoms with Gasteiger partial charge in [-0.05, 0) is 36.0 Å². The highest BCUT2D eigenvalue weighted by atomic mass is 16.3. The van der Waals surface area contributed by atoms with Crippen LogP contribution in [0.5, 0.6) is 0 Å². The molecule has 0 bridgehead atoms. The van der Waals surface area contributed by atoms with Gasteiger partial charge in [0, 0.05) is 6.61 Å². The Balaban J connectivity index is 2.20. The van der Waals surface area contributed by atoms with Gasteiger partial charge in [0.15, 0.2) is 0 Å². The van der Waals surface area contributed by atoms with Crippen molar-refractivity contribution in [1.29, 1.82) is 0 Å². The molecule has 14 heavy (non-hydrogen) atoms. The SMILES string of the molecule is C[C@H]1C=C[C@H]2CCC[C@H](C)[C@@H]2[C@H]1CO. The van der Waals surface area contributed by atoms with Gasteiger partial charge in [-0.2, -0.15) is 0 Å². The second kappa shape index (κ2) is 4.06. The van der Waals surface area contributed by atoms with Crippen LogP contribution in [0.2, 0.25) is 0 Å². The smallest absolute Gasteiger partial charge is 0.0467 e. The van der Waals surface area contributed by atoms with Crippen molar-refractivity contribution < 1.29 is 5.11 Å². The monoisotopic (exact) mass is 194 g/mol. The lowest BCUT2D eigenvalue weighted by Crippen LogP contribution is -2.39. The number of aliphatic hydroxyl groups is 1. The van der Waals surface area contributed by atoms with Crippen LogP contribution in [-0.4, -0.2) is 11.7 Å². The summed E-state index contributed by atoms with van der Waals surface area (Å²) < 4.78 is 0. The highest BCUT2D eigenvalue weighted by Gasteiger charge is 2.38. The highest BCUT2D eigenvalue weighted by molar-refractivity contribution is 5.06. The zero-order chi connectivity index (χ0) is 10.1. The minimum Gasteiger partial charge on any atom is -0.396 e. The van der Waals surface area contributed by atoms with Gasteiger partial charge in [0.1, 0.15) is 0 Å². The molecular weight excluding hydrogens is 172 g/mol. The van der Waals surface area contributed by atoms with Crippen LogP contribution in [0.1, 0.15) is 33.1 Å². The van der Waals surface area contributed by atoms with Gasteiger partial charge in [-0.3, -0.25) is 0 Å². The van der Waals surface area contributed by atoms with Crippen LogP contribution in [0.4, 0.5) is 0 Å². The maximum Gasteiger partial charge on any atom is 0.0467 e. The Morgan fingerprint density at radius 2 is 2.00 bits per heavy atom. The summed E-state index contributed by atoms with van der Waals surface area (Å²) in [5, 5.41) is 9.48. The highest BCUT2D eigenvalue weighted by Crippen LogP contribution is 2.45. The average Bonchev–Trinajstić information content (AvgIpc) is 2.19. The van der Waals surface area contributed by atoms with Gasteiger partial charge in [-0.25, -0.2) is 0 Å². The Hall–Kier alpha value is -0.300. The zero-order valence-corrected chi connectivity index (χ0v) is 9.32. The van der Waals surface area contributed by atoms with Crippen LogP contribution in [0, 0.1) is 29.6 Å². The molecule has 1 N–H and O–H groups in total. The summed E-state index contributed by atoms with van der Waals surface area (Å²) in [6.45, 7) is 4.98. The van der Waals surface area contributed by atoms with Crippen molar-refractivity contribution in [3.8, 4) is 0 Å². The molecule has 2 rings (SSSR count). The Morgan fingerprint density at radius 3 is 2.71 bits per heavy atom. The predicted molar refractivity (Wildman–Crippen MR) is 58.9 cm³/mol. The van der Waals surface area contributed by atoms with Gasteiger partial charge >= 0.3 is 0 Å². The van der Waals surface area contributed by atoms with Gasteiger partial charge in [0.05, 0.1) is 0 Å². The fourth-order valence-electron chi connectivity index (χ4n) is 3.55. The molecule has 1 nitrogen and oxygen atoms in total. The molecule has 5 atom stereocenters. The lowest BCUT2D eigenvalue weighted by Gasteiger charge is -2.44. The fraction of sp³-hybridized carbons (Fsp3) is 0.846. The number of fused-ring (bicyclic) bond motifs is 1. The van der Waals surface area contributed by atoms with Crippen molar-refractivity contribution in [2.45, 2.75) is 33.1 Å². The number of hydrogen-bond donors (Lipinski definition) is 1. The van der Waals surface area contributed by atoms with E-state index in [9.17, 15) is 5.11 Å². The van der Waals surface area contributed by atoms with Crippen LogP contribution in [0.25, 0.3) is 0 Å². The van der Waals surface area contributed by atoms with Gasteiger partial charge in [0.25, 0.3) is 0 Å². The van der Waals surface area contributed by atoms with Crippen LogP contribution in [0.15, 0.2) is 12.2 Å². The van der Waals surface area contributed by atoms with Crippen molar-refractivity contribution in [2.75, 3.05) is 6.61 Å². The first-order valence-electron chi connectivity index (χ1n) is 6.03. The molecule has 1 fully saturated rings. The third kappa shape index (κ3) is 1.63. The van der Waals surface area contributed by atoms with Crippen molar-refractivity contribution in [3.05, 3.63) is 12.2 Å². The fourth-order valence-corrected chi connectivity index (χ4v) is 3.55. The minimum atomic E-state index is 0.372. The second-order valence-corrected chi connectivity index (χ2v) is 5.24. The van der Waals surface area contributed by atoms with E-state index in [0.29, 0.717) is 18.4 Å². The summed E-state index contributed by atoms with van der Waals surface area (Å²) in [4.78, 5) is 0. The van der Waals surface area contributed by atoms with Gasteiger partial charge in [0.2, 0.25) is 0 Å². The Bertz CT molecular complexity index is 221. The van der Waals surface area contributed by atoms with E-state index in [0.717, 1.165) is 17.8 Å². The molecule has 0 heterocycles. The van der Waals surface area contributed by atoms with Crippen molar-refractivity contribution >= 4 is 0 Å². The van der Waals surface area contributed by atoms with Crippen molar-refractivity contribution in [2.24, 2.45) is 29.6 Å². The van der Waals surface area contributed by atoms with Gasteiger partial charge < -0.3 is 5.11 Å². The lowest BCUT2D eigenvalue weighted by atomic mass is 9.61. The normalized spacial score (nSPS) is 47.5. The minimum absolute atomic E-state index is 0.372. The molecule has 0 aromatic heterocycles. The van der Waals surface area contributed by atoms with Crippen LogP contribution >= 0.6 is 0 Å². The third-order valence-corrected chi connectivity index (χ3v) is 4.39. The average molecular weight is 194 g/mol. The van der Waals surface area contributed by atoms with E-state index < -0.39 is 0 Å². The molecule has 2 aliphatic rings. The molecule has 0 aromatic carbocycles. The van der Waals surface area contributed by atoms with Gasteiger partial charge in [-0.15, -0.1) is 0 Å². The largest absolute Gasteiger partial charge is 0.396 e. The molecular formula is C13H22O. The molecule has 0 unspecified atom stereocenters. The molecule has 80 valence electrons. The van der Waals surface area contributed by atoms with Crippen LogP contribution in [0.3, 0.4) is 0 Å². The van der Waals surface area contributed by atoms with E-state index in [1.165, 1.54) is 19.3 Å². The van der Waals surface area contributed by atoms with E-state index in [-0.39, 0.29) is 0 Å². The van der Waals surface area contributed by atoms with E-state index in [4.69, 9.17) is 0 Å². The van der Waals surface area contributed by atoms with E-state index in [1.807, 2.05) is 0 Å². The van der Waals surface area contributed by atoms with Crippen LogP contribution < -0.4 is 0 Å². The first-order chi connectivity index (χ1) is 6.74. The van der Waals surface area contributed by atoms with E-state index >= 15 is 0 Å². The van der Waals surface area contributed by atoms with Crippen molar-refractivity contribution in [1.82, 2.24) is 0 Å². The van der Waals surface area contributed by atoms with E-state index in [2.05, 4.69) is 26.0 Å². The number of allylic oxidation sites excluding steroid dienone is 2. The number of hydrogen-bond acceptors (Lipinski definition) is 1. The van der Waals surface area contributed by atoms with Crippen molar-refractivity contribution in [3.63, 3.8) is 0 Å². The molecule has 0 spiro atoms. The van der Waals surface area contributed by atoms with E-state index in [1.54, 1.807) is 0 Å². The number of aliphatic hydroxyl groups excluding tert-OH is 1. The zero-order valence-electron chi connectivity index (χ0n) is 9.32. The summed E-state index contributed by atoms with van der Waals surface area (Å²) in [5.74, 6) is 3.39. The summed E-state index contributed by atoms with van der Waals surface area (Å²) in [5.41, 5.74) is 0. The maximum atomic E-state index is 9.48. The summed E-state index contributed by atoms with van der Waals surface area (Å²) in [7, 11) is 0. The molecule has 0 aromatic rings. The third-order valence-electron chi connectivity index (χ3n) is 4.39. The van der Waals surface area contributed by atoms with Crippen LogP contribution in [-0.2, 0) is 0 Å². The molecule has 0 saturated heterocycles. The summed E-state index contributed by atoms with van der Waals surface area (Å²) >= 11 is 0. The first-order valence-corrected chi connectivity index (χ1v) is 6.03. The molecule has 0 amide bonds. The number of rotatable bonds is 1. The molecule has 2 aliphatic carbocycles. The summed E-state index contributed by atoms with van der Waals surface area (Å²) in [6.07, 6.45) is 8.81. The lowest BCUT2D eigenvalue weighted by molar-refractivity contribution is 0.0499. The topological polar surface area (TPSA) is 20.2 Å². The molecule has 0 radical (unpaired) electrons. The van der Waals surface area contributed by atoms with Gasteiger partial charge in [-0.1, -0.05) is 38.8 Å². The first kappa shape index (κ1) is 10.2. The molecule has 0 aliphatic heterocycles. The quantitative estimate of drug-likeness (QED) is 0.636. The molecule has 1 saturated carbocycles. The Kier molecular flexibility index (Phi) is 2.96. The summed E-state index contributed by atoms with van der Waals surface area (Å²) in [6, 6.07) is 0. The Labute approximate surface area is 87.2 Å². The Morgan fingerprint density at radius 1 is 1.21 bits per heavy atom. The molecule has 1 heteroatoms. The maximum absolute atomic E-state index is 9.48. The predicted octanol–water partition coefficient (Wildman–Crippen LogP) is 2.85. The second-order valence-electron chi connectivity index (χ2n) is 5.24. The standard InChI is InChI=1S/C13H22O/c1-9-6-7-11-5-3-4-10(2)13(11)12(9)8-14/h6-7,9-14H,3-5,8H2,1-2H3/t9-,10-,11+,12-,13-/m0/s1.